The summed E-state index contributed by atoms with van der Waals surface area (Å²) >= 11 is 0. The number of ether oxygens (including phenoxy) is 1. The van der Waals surface area contributed by atoms with Crippen LogP contribution in [0.5, 0.6) is 5.75 Å². The van der Waals surface area contributed by atoms with Gasteiger partial charge in [-0.1, -0.05) is 30.3 Å². The molecule has 0 spiro atoms. The van der Waals surface area contributed by atoms with E-state index in [0.717, 1.165) is 5.56 Å². The fourth-order valence-electron chi connectivity index (χ4n) is 2.67. The van der Waals surface area contributed by atoms with Gasteiger partial charge in [-0.3, -0.25) is 4.79 Å². The maximum atomic E-state index is 13.0. The number of nitrogens with zero attached hydrogens (tertiary/aromatic N) is 2. The lowest BCUT2D eigenvalue weighted by Gasteiger charge is -2.09. The number of carbonyl (C=O) groups is 1. The molecule has 1 N–H and O–H groups in total. The van der Waals surface area contributed by atoms with Gasteiger partial charge in [0, 0.05) is 11.3 Å². The molecule has 0 saturated heterocycles. The van der Waals surface area contributed by atoms with Crippen molar-refractivity contribution in [1.82, 2.24) is 10.2 Å². The number of carbonyl (C=O) groups excluding carboxylic acids is 1. The molecule has 0 atom stereocenters. The van der Waals surface area contributed by atoms with Gasteiger partial charge in [0.25, 0.3) is 11.8 Å². The Morgan fingerprint density at radius 3 is 2.38 bits per heavy atom. The Bertz CT molecular complexity index is 1110. The van der Waals surface area contributed by atoms with Gasteiger partial charge >= 0.3 is 0 Å². The third-order valence-corrected chi connectivity index (χ3v) is 4.05. The van der Waals surface area contributed by atoms with E-state index < -0.39 is 0 Å². The normalized spacial score (nSPS) is 10.5. The minimum Gasteiger partial charge on any atom is -0.483 e. The Hall–Kier alpha value is -4.00. The van der Waals surface area contributed by atoms with Gasteiger partial charge in [0.15, 0.2) is 6.61 Å². The van der Waals surface area contributed by atoms with Gasteiger partial charge in [0.2, 0.25) is 5.89 Å². The lowest BCUT2D eigenvalue weighted by atomic mass is 10.2. The Morgan fingerprint density at radius 2 is 1.59 bits per heavy atom. The van der Waals surface area contributed by atoms with Crippen LogP contribution in [0.25, 0.3) is 22.9 Å². The van der Waals surface area contributed by atoms with E-state index in [0.29, 0.717) is 28.8 Å². The van der Waals surface area contributed by atoms with Crippen molar-refractivity contribution >= 4 is 11.6 Å². The van der Waals surface area contributed by atoms with Gasteiger partial charge < -0.3 is 14.5 Å². The largest absolute Gasteiger partial charge is 0.483 e. The van der Waals surface area contributed by atoms with Crippen LogP contribution in [-0.2, 0) is 4.79 Å². The van der Waals surface area contributed by atoms with E-state index in [1.165, 1.54) is 24.3 Å². The molecule has 1 amide bonds. The Kier molecular flexibility index (Phi) is 5.29. The summed E-state index contributed by atoms with van der Waals surface area (Å²) in [7, 11) is 0. The minimum absolute atomic E-state index is 0.228. The summed E-state index contributed by atoms with van der Waals surface area (Å²) in [6.07, 6.45) is 0. The van der Waals surface area contributed by atoms with Crippen molar-refractivity contribution in [2.24, 2.45) is 0 Å². The molecule has 0 aliphatic rings. The lowest BCUT2D eigenvalue weighted by molar-refractivity contribution is -0.118. The monoisotopic (exact) mass is 389 g/mol. The van der Waals surface area contributed by atoms with Crippen LogP contribution < -0.4 is 10.1 Å². The first-order chi connectivity index (χ1) is 14.2. The van der Waals surface area contributed by atoms with Gasteiger partial charge in [-0.15, -0.1) is 10.2 Å². The third kappa shape index (κ3) is 4.47. The first kappa shape index (κ1) is 18.4. The highest BCUT2D eigenvalue weighted by Crippen LogP contribution is 2.30. The molecule has 144 valence electrons. The van der Waals surface area contributed by atoms with Crippen molar-refractivity contribution in [2.75, 3.05) is 11.9 Å². The number of para-hydroxylation sites is 1. The van der Waals surface area contributed by atoms with Crippen molar-refractivity contribution in [1.29, 1.82) is 0 Å². The fourth-order valence-corrected chi connectivity index (χ4v) is 2.67. The molecule has 4 rings (SSSR count). The zero-order chi connectivity index (χ0) is 20.1. The van der Waals surface area contributed by atoms with Crippen LogP contribution in [0, 0.1) is 5.82 Å². The minimum atomic E-state index is -0.373. The number of hydrogen-bond donors (Lipinski definition) is 1. The standard InChI is InChI=1S/C22H16FN3O3/c23-16-10-12-17(13-11-16)24-20(27)14-28-19-9-5-4-8-18(19)22-26-25-21(29-22)15-6-2-1-3-7-15/h1-13H,14H2,(H,24,27). The van der Waals surface area contributed by atoms with E-state index in [1.807, 2.05) is 36.4 Å². The SMILES string of the molecule is O=C(COc1ccccc1-c1nnc(-c2ccccc2)o1)Nc1ccc(F)cc1. The zero-order valence-corrected chi connectivity index (χ0v) is 15.2. The fraction of sp³-hybridized carbons (Fsp3) is 0.0455. The number of amides is 1. The number of anilines is 1. The molecule has 0 aliphatic carbocycles. The predicted molar refractivity (Wildman–Crippen MR) is 106 cm³/mol. The number of halogens is 1. The van der Waals surface area contributed by atoms with E-state index in [2.05, 4.69) is 15.5 Å². The van der Waals surface area contributed by atoms with E-state index in [-0.39, 0.29) is 18.3 Å². The Balaban J connectivity index is 1.47. The van der Waals surface area contributed by atoms with Crippen LogP contribution >= 0.6 is 0 Å². The maximum absolute atomic E-state index is 13.0. The molecule has 0 fully saturated rings. The van der Waals surface area contributed by atoms with Crippen LogP contribution in [0.15, 0.2) is 83.3 Å². The summed E-state index contributed by atoms with van der Waals surface area (Å²) in [5.74, 6) is 0.373. The van der Waals surface area contributed by atoms with Crippen LogP contribution in [0.1, 0.15) is 0 Å². The second kappa shape index (κ2) is 8.35. The maximum Gasteiger partial charge on any atom is 0.262 e. The number of nitrogens with one attached hydrogen (secondary N) is 1. The number of benzene rings is 3. The lowest BCUT2D eigenvalue weighted by Crippen LogP contribution is -2.20. The summed E-state index contributed by atoms with van der Waals surface area (Å²) in [4.78, 5) is 12.1. The molecule has 0 bridgehead atoms. The van der Waals surface area contributed by atoms with Crippen molar-refractivity contribution in [3.63, 3.8) is 0 Å². The van der Waals surface area contributed by atoms with Gasteiger partial charge in [0.05, 0.1) is 5.56 Å². The molecule has 6 nitrogen and oxygen atoms in total. The van der Waals surface area contributed by atoms with E-state index in [4.69, 9.17) is 9.15 Å². The summed E-state index contributed by atoms with van der Waals surface area (Å²) in [5, 5.41) is 10.8. The van der Waals surface area contributed by atoms with E-state index in [9.17, 15) is 9.18 Å². The smallest absolute Gasteiger partial charge is 0.262 e. The number of hydrogen-bond acceptors (Lipinski definition) is 5. The molecule has 3 aromatic carbocycles. The average molecular weight is 389 g/mol. The quantitative estimate of drug-likeness (QED) is 0.523. The molecule has 1 aromatic heterocycles. The topological polar surface area (TPSA) is 77.2 Å². The van der Waals surface area contributed by atoms with E-state index >= 15 is 0 Å². The summed E-state index contributed by atoms with van der Waals surface area (Å²) < 4.78 is 24.4. The Morgan fingerprint density at radius 1 is 0.897 bits per heavy atom. The summed E-state index contributed by atoms with van der Waals surface area (Å²) in [5.41, 5.74) is 1.87. The summed E-state index contributed by atoms with van der Waals surface area (Å²) in [6.45, 7) is -0.228. The highest BCUT2D eigenvalue weighted by atomic mass is 19.1. The molecular formula is C22H16FN3O3. The van der Waals surface area contributed by atoms with Crippen molar-refractivity contribution < 1.29 is 18.3 Å². The third-order valence-electron chi connectivity index (χ3n) is 4.05. The second-order valence-electron chi connectivity index (χ2n) is 6.12. The molecule has 7 heteroatoms. The highest BCUT2D eigenvalue weighted by molar-refractivity contribution is 5.91. The predicted octanol–water partition coefficient (Wildman–Crippen LogP) is 4.56. The van der Waals surface area contributed by atoms with Crippen LogP contribution in [0.2, 0.25) is 0 Å². The van der Waals surface area contributed by atoms with Gasteiger partial charge in [-0.25, -0.2) is 4.39 Å². The molecule has 0 saturated carbocycles. The first-order valence-electron chi connectivity index (χ1n) is 8.85. The van der Waals surface area contributed by atoms with Gasteiger partial charge in [-0.05, 0) is 48.5 Å². The van der Waals surface area contributed by atoms with E-state index in [1.54, 1.807) is 18.2 Å². The molecule has 0 aliphatic heterocycles. The number of rotatable bonds is 6. The van der Waals surface area contributed by atoms with Gasteiger partial charge in [-0.2, -0.15) is 0 Å². The molecule has 0 radical (unpaired) electrons. The van der Waals surface area contributed by atoms with Crippen molar-refractivity contribution in [2.45, 2.75) is 0 Å². The molecular weight excluding hydrogens is 373 g/mol. The highest BCUT2D eigenvalue weighted by Gasteiger charge is 2.15. The molecule has 4 aromatic rings. The summed E-state index contributed by atoms with van der Waals surface area (Å²) in [6, 6.07) is 22.0. The van der Waals surface area contributed by atoms with Crippen LogP contribution in [0.4, 0.5) is 10.1 Å². The molecule has 1 heterocycles. The average Bonchev–Trinajstić information content (AvgIpc) is 3.25. The van der Waals surface area contributed by atoms with Crippen molar-refractivity contribution in [3.8, 4) is 28.7 Å². The first-order valence-corrected chi connectivity index (χ1v) is 8.85. The van der Waals surface area contributed by atoms with Gasteiger partial charge in [0.1, 0.15) is 11.6 Å². The number of aromatic nitrogens is 2. The van der Waals surface area contributed by atoms with Crippen LogP contribution in [-0.4, -0.2) is 22.7 Å². The second-order valence-corrected chi connectivity index (χ2v) is 6.12. The molecule has 0 unspecified atom stereocenters. The zero-order valence-electron chi connectivity index (χ0n) is 15.2. The van der Waals surface area contributed by atoms with Crippen molar-refractivity contribution in [3.05, 3.63) is 84.7 Å². The Labute approximate surface area is 166 Å². The van der Waals surface area contributed by atoms with Crippen LogP contribution in [0.3, 0.4) is 0 Å². The molecule has 29 heavy (non-hydrogen) atoms.